The predicted octanol–water partition coefficient (Wildman–Crippen LogP) is 3.99. The third-order valence-corrected chi connectivity index (χ3v) is 3.86. The number of ether oxygens (including phenoxy) is 1. The van der Waals surface area contributed by atoms with Crippen LogP contribution in [0.25, 0.3) is 0 Å². The van der Waals surface area contributed by atoms with Crippen LogP contribution in [0.5, 0.6) is 0 Å². The molecule has 1 amide bonds. The van der Waals surface area contributed by atoms with Crippen LogP contribution in [-0.4, -0.2) is 6.09 Å². The molecule has 4 nitrogen and oxygen atoms in total. The fraction of sp³-hybridized carbons (Fsp3) is 0.222. The third kappa shape index (κ3) is 3.09. The molecule has 0 heterocycles. The van der Waals surface area contributed by atoms with Crippen molar-refractivity contribution in [3.63, 3.8) is 0 Å². The monoisotopic (exact) mass is 292 g/mol. The summed E-state index contributed by atoms with van der Waals surface area (Å²) in [5.41, 5.74) is 2.32. The highest BCUT2D eigenvalue weighted by molar-refractivity contribution is 5.84. The van der Waals surface area contributed by atoms with E-state index in [0.29, 0.717) is 5.69 Å². The number of hydrogen-bond acceptors (Lipinski definition) is 3. The predicted molar refractivity (Wildman–Crippen MR) is 83.2 cm³/mol. The van der Waals surface area contributed by atoms with E-state index in [1.807, 2.05) is 42.5 Å². The van der Waals surface area contributed by atoms with Gasteiger partial charge in [-0.2, -0.15) is 5.26 Å². The van der Waals surface area contributed by atoms with Crippen LogP contribution in [0, 0.1) is 11.3 Å². The number of nitrogens with zero attached hydrogens (tertiary/aromatic N) is 1. The molecule has 0 unspecified atom stereocenters. The van der Waals surface area contributed by atoms with Gasteiger partial charge in [0.1, 0.15) is 6.61 Å². The molecule has 1 fully saturated rings. The Labute approximate surface area is 129 Å². The number of benzene rings is 2. The maximum absolute atomic E-state index is 11.8. The summed E-state index contributed by atoms with van der Waals surface area (Å²) in [6.07, 6.45) is 1.34. The summed E-state index contributed by atoms with van der Waals surface area (Å²) in [5.74, 6) is 0. The minimum Gasteiger partial charge on any atom is -0.444 e. The number of carbonyl (C=O) groups excluding carboxylic acids is 1. The largest absolute Gasteiger partial charge is 0.444 e. The smallest absolute Gasteiger partial charge is 0.411 e. The van der Waals surface area contributed by atoms with E-state index in [9.17, 15) is 4.79 Å². The van der Waals surface area contributed by atoms with Gasteiger partial charge in [-0.25, -0.2) is 4.79 Å². The van der Waals surface area contributed by atoms with Crippen molar-refractivity contribution in [3.8, 4) is 6.07 Å². The first-order chi connectivity index (χ1) is 10.7. The highest BCUT2D eigenvalue weighted by Crippen LogP contribution is 2.47. The van der Waals surface area contributed by atoms with Crippen LogP contribution in [0.4, 0.5) is 10.5 Å². The number of rotatable bonds is 4. The van der Waals surface area contributed by atoms with Gasteiger partial charge in [0.25, 0.3) is 0 Å². The molecule has 22 heavy (non-hydrogen) atoms. The third-order valence-electron chi connectivity index (χ3n) is 3.86. The number of nitriles is 1. The summed E-state index contributed by atoms with van der Waals surface area (Å²) in [6, 6.07) is 19.3. The van der Waals surface area contributed by atoms with E-state index < -0.39 is 6.09 Å². The number of anilines is 1. The van der Waals surface area contributed by atoms with Crippen molar-refractivity contribution in [2.45, 2.75) is 24.9 Å². The molecule has 0 saturated heterocycles. The molecule has 0 bridgehead atoms. The van der Waals surface area contributed by atoms with Gasteiger partial charge >= 0.3 is 6.09 Å². The van der Waals surface area contributed by atoms with Crippen molar-refractivity contribution in [1.82, 2.24) is 0 Å². The Balaban J connectivity index is 1.55. The van der Waals surface area contributed by atoms with Crippen molar-refractivity contribution in [1.29, 1.82) is 5.26 Å². The zero-order valence-electron chi connectivity index (χ0n) is 12.1. The van der Waals surface area contributed by atoms with Crippen LogP contribution < -0.4 is 5.32 Å². The Morgan fingerprint density at radius 3 is 2.41 bits per heavy atom. The van der Waals surface area contributed by atoms with Gasteiger partial charge in [-0.05, 0) is 36.1 Å². The molecule has 0 aliphatic heterocycles. The van der Waals surface area contributed by atoms with Gasteiger partial charge in [0.15, 0.2) is 0 Å². The Bertz CT molecular complexity index is 698. The summed E-state index contributed by atoms with van der Waals surface area (Å²) in [5, 5.41) is 11.8. The molecule has 0 spiro atoms. The molecule has 0 radical (unpaired) electrons. The Hall–Kier alpha value is -2.80. The Morgan fingerprint density at radius 2 is 1.82 bits per heavy atom. The number of nitrogens with one attached hydrogen (secondary N) is 1. The number of amides is 1. The van der Waals surface area contributed by atoms with Gasteiger partial charge in [-0.15, -0.1) is 0 Å². The lowest BCUT2D eigenvalue weighted by Crippen LogP contribution is -2.13. The minimum atomic E-state index is -0.488. The second kappa shape index (κ2) is 5.90. The van der Waals surface area contributed by atoms with Gasteiger partial charge in [-0.1, -0.05) is 42.5 Å². The topological polar surface area (TPSA) is 62.1 Å². The highest BCUT2D eigenvalue weighted by Gasteiger charge is 2.44. The van der Waals surface area contributed by atoms with Gasteiger partial charge in [0, 0.05) is 5.69 Å². The lowest BCUT2D eigenvalue weighted by Gasteiger charge is -2.09. The van der Waals surface area contributed by atoms with E-state index in [2.05, 4.69) is 11.4 Å². The zero-order chi connectivity index (χ0) is 15.4. The molecule has 3 rings (SSSR count). The van der Waals surface area contributed by atoms with Crippen molar-refractivity contribution in [2.75, 3.05) is 5.32 Å². The molecule has 1 saturated carbocycles. The van der Waals surface area contributed by atoms with E-state index in [-0.39, 0.29) is 12.0 Å². The van der Waals surface area contributed by atoms with Crippen LogP contribution in [0.15, 0.2) is 54.6 Å². The average molecular weight is 292 g/mol. The van der Waals surface area contributed by atoms with E-state index in [1.165, 1.54) is 0 Å². The molecular weight excluding hydrogens is 276 g/mol. The van der Waals surface area contributed by atoms with Crippen molar-refractivity contribution >= 4 is 11.8 Å². The molecule has 4 heteroatoms. The fourth-order valence-electron chi connectivity index (χ4n) is 2.34. The quantitative estimate of drug-likeness (QED) is 0.926. The normalized spacial score (nSPS) is 14.7. The van der Waals surface area contributed by atoms with E-state index in [1.54, 1.807) is 12.1 Å². The van der Waals surface area contributed by atoms with E-state index >= 15 is 0 Å². The lowest BCUT2D eigenvalue weighted by atomic mass is 9.98. The summed E-state index contributed by atoms with van der Waals surface area (Å²) in [4.78, 5) is 11.8. The minimum absolute atomic E-state index is 0.238. The van der Waals surface area contributed by atoms with Crippen molar-refractivity contribution < 1.29 is 9.53 Å². The average Bonchev–Trinajstić information content (AvgIpc) is 3.36. The van der Waals surface area contributed by atoms with Crippen molar-refractivity contribution in [3.05, 3.63) is 65.7 Å². The standard InChI is InChI=1S/C18H16N2O2/c19-13-18(10-11-18)15-6-8-16(9-7-15)20-17(21)22-12-14-4-2-1-3-5-14/h1-9H,10-12H2,(H,20,21). The molecular formula is C18H16N2O2. The van der Waals surface area contributed by atoms with Crippen molar-refractivity contribution in [2.24, 2.45) is 0 Å². The molecule has 2 aromatic rings. The van der Waals surface area contributed by atoms with Gasteiger partial charge in [-0.3, -0.25) is 5.32 Å². The van der Waals surface area contributed by atoms with Crippen LogP contribution in [0.2, 0.25) is 0 Å². The molecule has 1 N–H and O–H groups in total. The Morgan fingerprint density at radius 1 is 1.14 bits per heavy atom. The second-order valence-electron chi connectivity index (χ2n) is 5.46. The molecule has 1 aliphatic carbocycles. The first-order valence-electron chi connectivity index (χ1n) is 7.21. The van der Waals surface area contributed by atoms with Gasteiger partial charge < -0.3 is 4.74 Å². The molecule has 2 aromatic carbocycles. The van der Waals surface area contributed by atoms with Gasteiger partial charge in [0.2, 0.25) is 0 Å². The summed E-state index contributed by atoms with van der Waals surface area (Å²) in [6.45, 7) is 0.238. The molecule has 0 aromatic heterocycles. The lowest BCUT2D eigenvalue weighted by molar-refractivity contribution is 0.155. The SMILES string of the molecule is N#CC1(c2ccc(NC(=O)OCc3ccccc3)cc2)CC1. The van der Waals surface area contributed by atoms with Crippen LogP contribution in [0.3, 0.4) is 0 Å². The first kappa shape index (κ1) is 14.2. The molecule has 1 aliphatic rings. The molecule has 110 valence electrons. The fourth-order valence-corrected chi connectivity index (χ4v) is 2.34. The maximum atomic E-state index is 11.8. The second-order valence-corrected chi connectivity index (χ2v) is 5.46. The molecule has 0 atom stereocenters. The van der Waals surface area contributed by atoms with Crippen LogP contribution in [0.1, 0.15) is 24.0 Å². The summed E-state index contributed by atoms with van der Waals surface area (Å²) < 4.78 is 5.16. The van der Waals surface area contributed by atoms with E-state index in [0.717, 1.165) is 24.0 Å². The van der Waals surface area contributed by atoms with Gasteiger partial charge in [0.05, 0.1) is 11.5 Å². The maximum Gasteiger partial charge on any atom is 0.411 e. The van der Waals surface area contributed by atoms with Crippen LogP contribution in [-0.2, 0) is 16.8 Å². The van der Waals surface area contributed by atoms with Crippen LogP contribution >= 0.6 is 0 Å². The number of carbonyl (C=O) groups is 1. The van der Waals surface area contributed by atoms with E-state index in [4.69, 9.17) is 10.00 Å². The number of hydrogen-bond donors (Lipinski definition) is 1. The summed E-state index contributed by atoms with van der Waals surface area (Å²) in [7, 11) is 0. The first-order valence-corrected chi connectivity index (χ1v) is 7.21. The highest BCUT2D eigenvalue weighted by atomic mass is 16.5. The summed E-state index contributed by atoms with van der Waals surface area (Å²) >= 11 is 0. The zero-order valence-corrected chi connectivity index (χ0v) is 12.1. The Kier molecular flexibility index (Phi) is 3.80.